The third kappa shape index (κ3) is 3.21. The Hall–Kier alpha value is -0.930. The van der Waals surface area contributed by atoms with Crippen molar-refractivity contribution in [2.24, 2.45) is 11.8 Å². The zero-order valence-corrected chi connectivity index (χ0v) is 13.0. The Labute approximate surface area is 122 Å². The van der Waals surface area contributed by atoms with Crippen molar-refractivity contribution >= 4 is 0 Å². The van der Waals surface area contributed by atoms with E-state index in [4.69, 9.17) is 0 Å². The number of nitrogens with one attached hydrogen (secondary N) is 1. The topological polar surface area (TPSA) is 28.2 Å². The van der Waals surface area contributed by atoms with Gasteiger partial charge in [-0.3, -0.25) is 9.88 Å². The van der Waals surface area contributed by atoms with Gasteiger partial charge < -0.3 is 5.32 Å². The normalized spacial score (nSPS) is 28.0. The minimum absolute atomic E-state index is 0.628. The largest absolute Gasteiger partial charge is 0.311 e. The summed E-state index contributed by atoms with van der Waals surface area (Å²) in [4.78, 5) is 7.05. The molecule has 3 heteroatoms. The van der Waals surface area contributed by atoms with Crippen LogP contribution in [0.3, 0.4) is 0 Å². The number of pyridine rings is 1. The maximum Gasteiger partial charge on any atom is 0.0313 e. The highest BCUT2D eigenvalue weighted by Gasteiger charge is 2.39. The van der Waals surface area contributed by atoms with Crippen LogP contribution in [-0.4, -0.2) is 35.1 Å². The van der Waals surface area contributed by atoms with Crippen LogP contribution in [0.25, 0.3) is 0 Å². The Morgan fingerprint density at radius 3 is 2.80 bits per heavy atom. The highest BCUT2D eigenvalue weighted by molar-refractivity contribution is 5.17. The number of rotatable bonds is 4. The van der Waals surface area contributed by atoms with Gasteiger partial charge in [0.05, 0.1) is 0 Å². The first-order valence-electron chi connectivity index (χ1n) is 8.01. The quantitative estimate of drug-likeness (QED) is 0.914. The van der Waals surface area contributed by atoms with Crippen molar-refractivity contribution in [2.45, 2.75) is 52.2 Å². The molecule has 3 nitrogen and oxygen atoms in total. The molecule has 20 heavy (non-hydrogen) atoms. The van der Waals surface area contributed by atoms with E-state index in [1.165, 1.54) is 30.5 Å². The van der Waals surface area contributed by atoms with E-state index in [2.05, 4.69) is 42.0 Å². The molecule has 1 saturated carbocycles. The molecule has 2 aliphatic rings. The lowest BCUT2D eigenvalue weighted by molar-refractivity contribution is 0.0925. The third-order valence-corrected chi connectivity index (χ3v) is 4.78. The second-order valence-corrected chi connectivity index (χ2v) is 6.96. The van der Waals surface area contributed by atoms with Crippen molar-refractivity contribution in [2.75, 3.05) is 13.1 Å². The number of aryl methyl sites for hydroxylation is 1. The molecule has 1 aromatic heterocycles. The van der Waals surface area contributed by atoms with Crippen LogP contribution in [0.15, 0.2) is 18.5 Å². The summed E-state index contributed by atoms with van der Waals surface area (Å²) in [5, 5.41) is 3.76. The van der Waals surface area contributed by atoms with Gasteiger partial charge >= 0.3 is 0 Å². The van der Waals surface area contributed by atoms with E-state index in [1.54, 1.807) is 0 Å². The van der Waals surface area contributed by atoms with Crippen molar-refractivity contribution in [3.63, 3.8) is 0 Å². The highest BCUT2D eigenvalue weighted by atomic mass is 15.2. The predicted octanol–water partition coefficient (Wildman–Crippen LogP) is 2.60. The zero-order chi connectivity index (χ0) is 14.1. The van der Waals surface area contributed by atoms with E-state index >= 15 is 0 Å². The molecule has 2 atom stereocenters. The van der Waals surface area contributed by atoms with Gasteiger partial charge in [0.1, 0.15) is 0 Å². The summed E-state index contributed by atoms with van der Waals surface area (Å²) < 4.78 is 0. The fraction of sp³-hybridized carbons (Fsp3) is 0.706. The number of hydrogen-bond acceptors (Lipinski definition) is 3. The molecule has 1 N–H and O–H groups in total. The molecule has 0 amide bonds. The predicted molar refractivity (Wildman–Crippen MR) is 82.5 cm³/mol. The zero-order valence-electron chi connectivity index (χ0n) is 13.0. The first-order valence-corrected chi connectivity index (χ1v) is 8.01. The first-order chi connectivity index (χ1) is 9.63. The Morgan fingerprint density at radius 1 is 1.35 bits per heavy atom. The van der Waals surface area contributed by atoms with E-state index in [-0.39, 0.29) is 0 Å². The smallest absolute Gasteiger partial charge is 0.0313 e. The van der Waals surface area contributed by atoms with Crippen LogP contribution in [0, 0.1) is 18.8 Å². The molecule has 2 heterocycles. The molecule has 0 aromatic carbocycles. The lowest BCUT2D eigenvalue weighted by atomic mass is 9.97. The number of hydrogen-bond donors (Lipinski definition) is 1. The van der Waals surface area contributed by atoms with E-state index in [0.29, 0.717) is 12.0 Å². The molecule has 0 spiro atoms. The highest BCUT2D eigenvalue weighted by Crippen LogP contribution is 2.37. The summed E-state index contributed by atoms with van der Waals surface area (Å²) in [5.41, 5.74) is 2.63. The van der Waals surface area contributed by atoms with Crippen LogP contribution < -0.4 is 5.32 Å². The van der Waals surface area contributed by atoms with Gasteiger partial charge in [-0.1, -0.05) is 19.9 Å². The van der Waals surface area contributed by atoms with Crippen LogP contribution in [0.1, 0.15) is 37.8 Å². The minimum atomic E-state index is 0.628. The summed E-state index contributed by atoms with van der Waals surface area (Å²) in [7, 11) is 0. The molecule has 0 bridgehead atoms. The molecular weight excluding hydrogens is 246 g/mol. The molecule has 2 fully saturated rings. The monoisotopic (exact) mass is 273 g/mol. The molecule has 1 aromatic rings. The standard InChI is InChI=1S/C17H27N3/c1-12(2)16-11-20(17(9-19-16)15-4-5-15)10-14-6-13(3)7-18-8-14/h6-8,12,15-17,19H,4-5,9-11H2,1-3H3. The van der Waals surface area contributed by atoms with Crippen LogP contribution in [0.4, 0.5) is 0 Å². The van der Waals surface area contributed by atoms with Gasteiger partial charge in [0, 0.05) is 44.1 Å². The lowest BCUT2D eigenvalue weighted by Crippen LogP contribution is -2.58. The molecule has 1 saturated heterocycles. The molecule has 110 valence electrons. The average molecular weight is 273 g/mol. The molecule has 3 rings (SSSR count). The van der Waals surface area contributed by atoms with Gasteiger partial charge in [0.2, 0.25) is 0 Å². The minimum Gasteiger partial charge on any atom is -0.311 e. The summed E-state index contributed by atoms with van der Waals surface area (Å²) in [5.74, 6) is 1.63. The van der Waals surface area contributed by atoms with Crippen LogP contribution in [0.5, 0.6) is 0 Å². The second-order valence-electron chi connectivity index (χ2n) is 6.96. The van der Waals surface area contributed by atoms with Gasteiger partial charge in [-0.15, -0.1) is 0 Å². The Balaban J connectivity index is 1.72. The van der Waals surface area contributed by atoms with Crippen molar-refractivity contribution in [3.8, 4) is 0 Å². The van der Waals surface area contributed by atoms with Gasteiger partial charge in [-0.05, 0) is 42.7 Å². The van der Waals surface area contributed by atoms with E-state index in [1.807, 2.05) is 12.4 Å². The first kappa shape index (κ1) is 14.0. The van der Waals surface area contributed by atoms with Gasteiger partial charge in [0.25, 0.3) is 0 Å². The maximum atomic E-state index is 4.35. The summed E-state index contributed by atoms with van der Waals surface area (Å²) in [6.07, 6.45) is 6.81. The molecular formula is C17H27N3. The molecule has 1 aliphatic carbocycles. The SMILES string of the molecule is Cc1cncc(CN2CC(C(C)C)NCC2C2CC2)c1. The number of aromatic nitrogens is 1. The Morgan fingerprint density at radius 2 is 2.15 bits per heavy atom. The molecule has 1 aliphatic heterocycles. The van der Waals surface area contributed by atoms with E-state index < -0.39 is 0 Å². The van der Waals surface area contributed by atoms with Crippen molar-refractivity contribution < 1.29 is 0 Å². The Kier molecular flexibility index (Phi) is 4.08. The van der Waals surface area contributed by atoms with E-state index in [9.17, 15) is 0 Å². The van der Waals surface area contributed by atoms with Gasteiger partial charge in [-0.25, -0.2) is 0 Å². The van der Waals surface area contributed by atoms with Crippen LogP contribution in [0.2, 0.25) is 0 Å². The summed E-state index contributed by atoms with van der Waals surface area (Å²) in [6, 6.07) is 3.64. The third-order valence-electron chi connectivity index (χ3n) is 4.78. The molecule has 2 unspecified atom stereocenters. The maximum absolute atomic E-state index is 4.35. The van der Waals surface area contributed by atoms with Crippen LogP contribution in [-0.2, 0) is 6.54 Å². The van der Waals surface area contributed by atoms with Crippen molar-refractivity contribution in [3.05, 3.63) is 29.6 Å². The lowest BCUT2D eigenvalue weighted by Gasteiger charge is -2.42. The average Bonchev–Trinajstić information content (AvgIpc) is 3.23. The van der Waals surface area contributed by atoms with Crippen molar-refractivity contribution in [1.29, 1.82) is 0 Å². The number of piperazine rings is 1. The fourth-order valence-electron chi connectivity index (χ4n) is 3.37. The fourth-order valence-corrected chi connectivity index (χ4v) is 3.37. The van der Waals surface area contributed by atoms with E-state index in [0.717, 1.165) is 25.0 Å². The van der Waals surface area contributed by atoms with Gasteiger partial charge in [-0.2, -0.15) is 0 Å². The Bertz CT molecular complexity index is 453. The van der Waals surface area contributed by atoms with Crippen molar-refractivity contribution in [1.82, 2.24) is 15.2 Å². The second kappa shape index (κ2) is 5.82. The van der Waals surface area contributed by atoms with Gasteiger partial charge in [0.15, 0.2) is 0 Å². The summed E-state index contributed by atoms with van der Waals surface area (Å²) in [6.45, 7) is 10.2. The molecule has 0 radical (unpaired) electrons. The summed E-state index contributed by atoms with van der Waals surface area (Å²) >= 11 is 0. The van der Waals surface area contributed by atoms with Crippen LogP contribution >= 0.6 is 0 Å². The number of nitrogens with zero attached hydrogens (tertiary/aromatic N) is 2.